The van der Waals surface area contributed by atoms with Gasteiger partial charge < -0.3 is 19.3 Å². The average molecular weight is 582 g/mol. The van der Waals surface area contributed by atoms with Crippen LogP contribution in [0.1, 0.15) is 25.7 Å². The van der Waals surface area contributed by atoms with Gasteiger partial charge in [-0.3, -0.25) is 19.2 Å². The van der Waals surface area contributed by atoms with E-state index in [1.807, 2.05) is 0 Å². The standard InChI is InChI=1S/C24H18F8N2O6/c25-11-9-12(26)20(30)23(19(11)29)39-17(37)3-1-15(35)33-5-7-34(8-6-33)16(36)2-4-18(38)40-24-21(31)13(27)10-14(28)22(24)32/h9-10H,1-8H2. The lowest BCUT2D eigenvalue weighted by Crippen LogP contribution is -2.50. The molecule has 0 atom stereocenters. The number of halogens is 8. The summed E-state index contributed by atoms with van der Waals surface area (Å²) in [5, 5.41) is 0. The van der Waals surface area contributed by atoms with E-state index in [9.17, 15) is 54.3 Å². The first-order valence-electron chi connectivity index (χ1n) is 11.4. The van der Waals surface area contributed by atoms with E-state index in [1.54, 1.807) is 0 Å². The Morgan fingerprint density at radius 1 is 0.525 bits per heavy atom. The largest absolute Gasteiger partial charge is 0.420 e. The number of benzene rings is 2. The van der Waals surface area contributed by atoms with Crippen molar-refractivity contribution in [2.75, 3.05) is 26.2 Å². The molecule has 3 rings (SSSR count). The summed E-state index contributed by atoms with van der Waals surface area (Å²) in [6, 6.07) is -0.141. The maximum Gasteiger partial charge on any atom is 0.311 e. The summed E-state index contributed by atoms with van der Waals surface area (Å²) in [7, 11) is 0. The molecule has 1 saturated heterocycles. The van der Waals surface area contributed by atoms with Crippen molar-refractivity contribution in [2.45, 2.75) is 25.7 Å². The Kier molecular flexibility index (Phi) is 9.65. The molecule has 1 fully saturated rings. The summed E-state index contributed by atoms with van der Waals surface area (Å²) in [6.07, 6.45) is -2.36. The SMILES string of the molecule is O=C(CCC(=O)N1CCN(C(=O)CCC(=O)Oc2c(F)c(F)cc(F)c2F)CC1)Oc1c(F)c(F)cc(F)c1F. The van der Waals surface area contributed by atoms with Gasteiger partial charge in [-0.05, 0) is 0 Å². The number of carbonyl (C=O) groups is 4. The third kappa shape index (κ3) is 7.04. The number of esters is 2. The number of carbonyl (C=O) groups excluding carboxylic acids is 4. The lowest BCUT2D eigenvalue weighted by molar-refractivity contribution is -0.143. The number of ether oxygens (including phenoxy) is 2. The molecule has 0 radical (unpaired) electrons. The van der Waals surface area contributed by atoms with Gasteiger partial charge in [0.15, 0.2) is 23.3 Å². The highest BCUT2D eigenvalue weighted by atomic mass is 19.2. The molecular weight excluding hydrogens is 564 g/mol. The normalized spacial score (nSPS) is 13.3. The molecule has 0 unspecified atom stereocenters. The Hall–Kier alpha value is -4.24. The smallest absolute Gasteiger partial charge is 0.311 e. The number of nitrogens with zero attached hydrogens (tertiary/aromatic N) is 2. The van der Waals surface area contributed by atoms with Crippen LogP contribution in [0.4, 0.5) is 35.1 Å². The topological polar surface area (TPSA) is 93.2 Å². The number of hydrogen-bond acceptors (Lipinski definition) is 6. The number of piperazine rings is 1. The van der Waals surface area contributed by atoms with E-state index in [2.05, 4.69) is 9.47 Å². The predicted molar refractivity (Wildman–Crippen MR) is 115 cm³/mol. The molecule has 0 aromatic heterocycles. The van der Waals surface area contributed by atoms with E-state index in [0.717, 1.165) is 0 Å². The Labute approximate surface area is 220 Å². The fourth-order valence-electron chi connectivity index (χ4n) is 3.55. The molecule has 2 aromatic rings. The first-order chi connectivity index (χ1) is 18.8. The zero-order valence-electron chi connectivity index (χ0n) is 20.2. The summed E-state index contributed by atoms with van der Waals surface area (Å²) < 4.78 is 116. The van der Waals surface area contributed by atoms with Gasteiger partial charge in [-0.15, -0.1) is 0 Å². The monoisotopic (exact) mass is 582 g/mol. The summed E-state index contributed by atoms with van der Waals surface area (Å²) in [5.41, 5.74) is 0. The van der Waals surface area contributed by atoms with Crippen LogP contribution in [0, 0.1) is 46.5 Å². The first-order valence-corrected chi connectivity index (χ1v) is 11.4. The van der Waals surface area contributed by atoms with Gasteiger partial charge in [0, 0.05) is 51.2 Å². The van der Waals surface area contributed by atoms with Gasteiger partial charge in [-0.1, -0.05) is 0 Å². The second kappa shape index (κ2) is 12.7. The summed E-state index contributed by atoms with van der Waals surface area (Å²) in [6.45, 7) is -0.0499. The minimum Gasteiger partial charge on any atom is -0.420 e. The molecule has 2 aromatic carbocycles. The zero-order valence-corrected chi connectivity index (χ0v) is 20.2. The summed E-state index contributed by atoms with van der Waals surface area (Å²) in [4.78, 5) is 50.8. The molecule has 0 N–H and O–H groups in total. The van der Waals surface area contributed by atoms with Crippen molar-refractivity contribution in [1.82, 2.24) is 9.80 Å². The van der Waals surface area contributed by atoms with Crippen molar-refractivity contribution < 1.29 is 63.8 Å². The highest BCUT2D eigenvalue weighted by Gasteiger charge is 2.28. The van der Waals surface area contributed by atoms with Crippen LogP contribution >= 0.6 is 0 Å². The molecule has 1 aliphatic heterocycles. The number of rotatable bonds is 8. The third-order valence-corrected chi connectivity index (χ3v) is 5.65. The molecule has 16 heteroatoms. The van der Waals surface area contributed by atoms with Crippen LogP contribution in [0.3, 0.4) is 0 Å². The number of amides is 2. The Bertz CT molecular complexity index is 1190. The van der Waals surface area contributed by atoms with Crippen LogP contribution in [0.25, 0.3) is 0 Å². The molecule has 0 spiro atoms. The quantitative estimate of drug-likeness (QED) is 0.205. The van der Waals surface area contributed by atoms with Crippen molar-refractivity contribution in [3.8, 4) is 11.5 Å². The summed E-state index contributed by atoms with van der Waals surface area (Å²) in [5.74, 6) is -21.9. The van der Waals surface area contributed by atoms with Gasteiger partial charge in [0.25, 0.3) is 0 Å². The van der Waals surface area contributed by atoms with Crippen molar-refractivity contribution in [3.05, 3.63) is 58.7 Å². The minimum atomic E-state index is -1.92. The van der Waals surface area contributed by atoms with Gasteiger partial charge in [-0.2, -0.15) is 17.6 Å². The van der Waals surface area contributed by atoms with E-state index in [4.69, 9.17) is 0 Å². The molecule has 216 valence electrons. The maximum absolute atomic E-state index is 13.6. The van der Waals surface area contributed by atoms with Crippen molar-refractivity contribution in [1.29, 1.82) is 0 Å². The van der Waals surface area contributed by atoms with Crippen molar-refractivity contribution in [2.24, 2.45) is 0 Å². The maximum atomic E-state index is 13.6. The van der Waals surface area contributed by atoms with Crippen LogP contribution in [0.5, 0.6) is 11.5 Å². The zero-order chi connectivity index (χ0) is 29.7. The van der Waals surface area contributed by atoms with Crippen LogP contribution in [0.2, 0.25) is 0 Å². The summed E-state index contributed by atoms with van der Waals surface area (Å²) >= 11 is 0. The highest BCUT2D eigenvalue weighted by molar-refractivity contribution is 5.84. The fourth-order valence-corrected chi connectivity index (χ4v) is 3.55. The van der Waals surface area contributed by atoms with Crippen molar-refractivity contribution in [3.63, 3.8) is 0 Å². The lowest BCUT2D eigenvalue weighted by Gasteiger charge is -2.34. The number of hydrogen-bond donors (Lipinski definition) is 0. The molecule has 8 nitrogen and oxygen atoms in total. The van der Waals surface area contributed by atoms with Crippen LogP contribution in [-0.2, 0) is 19.2 Å². The van der Waals surface area contributed by atoms with Gasteiger partial charge in [0.1, 0.15) is 0 Å². The van der Waals surface area contributed by atoms with E-state index < -0.39 is 107 Å². The Morgan fingerprint density at radius 2 is 0.800 bits per heavy atom. The third-order valence-electron chi connectivity index (χ3n) is 5.65. The minimum absolute atomic E-state index is 0.0125. The van der Waals surface area contributed by atoms with Crippen LogP contribution < -0.4 is 9.47 Å². The molecule has 2 amide bonds. The van der Waals surface area contributed by atoms with Gasteiger partial charge >= 0.3 is 11.9 Å². The molecule has 40 heavy (non-hydrogen) atoms. The molecule has 1 heterocycles. The second-order valence-corrected chi connectivity index (χ2v) is 8.30. The molecule has 0 bridgehead atoms. The van der Waals surface area contributed by atoms with Gasteiger partial charge in [0.05, 0.1) is 12.8 Å². The van der Waals surface area contributed by atoms with E-state index in [0.29, 0.717) is 0 Å². The average Bonchev–Trinajstić information content (AvgIpc) is 2.93. The first kappa shape index (κ1) is 30.3. The van der Waals surface area contributed by atoms with Crippen molar-refractivity contribution >= 4 is 23.8 Å². The lowest BCUT2D eigenvalue weighted by atomic mass is 10.2. The predicted octanol–water partition coefficient (Wildman–Crippen LogP) is 3.54. The molecule has 0 aliphatic carbocycles. The van der Waals surface area contributed by atoms with E-state index in [1.165, 1.54) is 9.80 Å². The fraction of sp³-hybridized carbons (Fsp3) is 0.333. The highest BCUT2D eigenvalue weighted by Crippen LogP contribution is 2.28. The van der Waals surface area contributed by atoms with Crippen LogP contribution in [-0.4, -0.2) is 59.7 Å². The van der Waals surface area contributed by atoms with Gasteiger partial charge in [-0.25, -0.2) is 17.6 Å². The van der Waals surface area contributed by atoms with E-state index >= 15 is 0 Å². The molecular formula is C24H18F8N2O6. The molecule has 1 aliphatic rings. The Balaban J connectivity index is 1.42. The Morgan fingerprint density at radius 3 is 1.07 bits per heavy atom. The second-order valence-electron chi connectivity index (χ2n) is 8.30. The van der Waals surface area contributed by atoms with Crippen LogP contribution in [0.15, 0.2) is 12.1 Å². The van der Waals surface area contributed by atoms with E-state index in [-0.39, 0.29) is 38.3 Å². The van der Waals surface area contributed by atoms with Gasteiger partial charge in [0.2, 0.25) is 46.6 Å². The molecule has 0 saturated carbocycles.